The van der Waals surface area contributed by atoms with Crippen molar-refractivity contribution >= 4 is 17.4 Å². The summed E-state index contributed by atoms with van der Waals surface area (Å²) >= 11 is 5.98. The molecule has 1 aromatic rings. The molecule has 0 atom stereocenters. The van der Waals surface area contributed by atoms with Gasteiger partial charge in [-0.3, -0.25) is 4.90 Å². The second-order valence-corrected chi connectivity index (χ2v) is 6.00. The number of anilines is 1. The third-order valence-electron chi connectivity index (χ3n) is 4.39. The minimum atomic E-state index is 0.400. The van der Waals surface area contributed by atoms with Gasteiger partial charge >= 0.3 is 0 Å². The number of rotatable bonds is 2. The molecule has 2 fully saturated rings. The van der Waals surface area contributed by atoms with Crippen LogP contribution in [-0.4, -0.2) is 42.1 Å². The monoisotopic (exact) mass is 290 g/mol. The molecule has 0 unspecified atom stereocenters. The fourth-order valence-corrected chi connectivity index (χ4v) is 3.50. The van der Waals surface area contributed by atoms with E-state index in [1.807, 2.05) is 6.07 Å². The van der Waals surface area contributed by atoms with Crippen LogP contribution in [-0.2, 0) is 0 Å². The lowest BCUT2D eigenvalue weighted by atomic mass is 10.1. The van der Waals surface area contributed by atoms with Crippen LogP contribution in [0.4, 0.5) is 5.82 Å². The Balaban J connectivity index is 1.65. The van der Waals surface area contributed by atoms with E-state index in [1.54, 1.807) is 6.07 Å². The summed E-state index contributed by atoms with van der Waals surface area (Å²) in [6, 6.07) is 6.37. The standard InChI is InChI=1S/C15H19ClN4/c16-14-9-12(11-17)10-15(18-14)20-7-5-19(6-8-20)13-3-1-2-4-13/h9-10,13H,1-8H2. The largest absolute Gasteiger partial charge is 0.354 e. The molecule has 0 N–H and O–H groups in total. The maximum absolute atomic E-state index is 9.01. The van der Waals surface area contributed by atoms with Gasteiger partial charge in [0.05, 0.1) is 11.6 Å². The van der Waals surface area contributed by atoms with E-state index in [1.165, 1.54) is 25.7 Å². The van der Waals surface area contributed by atoms with Gasteiger partial charge in [-0.05, 0) is 25.0 Å². The first-order valence-corrected chi connectivity index (χ1v) is 7.71. The Labute approximate surface area is 125 Å². The van der Waals surface area contributed by atoms with E-state index in [0.717, 1.165) is 38.0 Å². The van der Waals surface area contributed by atoms with Crippen molar-refractivity contribution in [1.82, 2.24) is 9.88 Å². The van der Waals surface area contributed by atoms with Crippen molar-refractivity contribution in [2.45, 2.75) is 31.7 Å². The number of aromatic nitrogens is 1. The predicted octanol–water partition coefficient (Wildman–Crippen LogP) is 2.67. The van der Waals surface area contributed by atoms with Crippen LogP contribution in [0.1, 0.15) is 31.2 Å². The number of piperazine rings is 1. The molecule has 1 aliphatic heterocycles. The van der Waals surface area contributed by atoms with Gasteiger partial charge in [-0.2, -0.15) is 5.26 Å². The van der Waals surface area contributed by atoms with Crippen LogP contribution in [0.3, 0.4) is 0 Å². The summed E-state index contributed by atoms with van der Waals surface area (Å²) in [6.45, 7) is 4.10. The van der Waals surface area contributed by atoms with Crippen LogP contribution in [0.25, 0.3) is 0 Å². The molecule has 1 aliphatic carbocycles. The Kier molecular flexibility index (Phi) is 4.09. The minimum absolute atomic E-state index is 0.400. The van der Waals surface area contributed by atoms with Gasteiger partial charge in [-0.25, -0.2) is 4.98 Å². The van der Waals surface area contributed by atoms with Crippen molar-refractivity contribution in [2.75, 3.05) is 31.1 Å². The molecule has 3 rings (SSSR count). The van der Waals surface area contributed by atoms with Crippen LogP contribution in [0.15, 0.2) is 12.1 Å². The Morgan fingerprint density at radius 3 is 2.50 bits per heavy atom. The molecule has 0 bridgehead atoms. The van der Waals surface area contributed by atoms with Gasteiger partial charge in [0.1, 0.15) is 11.0 Å². The summed E-state index contributed by atoms with van der Waals surface area (Å²) in [6.07, 6.45) is 5.47. The van der Waals surface area contributed by atoms with Crippen LogP contribution >= 0.6 is 11.6 Å². The molecule has 5 heteroatoms. The molecule has 0 amide bonds. The van der Waals surface area contributed by atoms with Gasteiger partial charge in [0.25, 0.3) is 0 Å². The first-order chi connectivity index (χ1) is 9.76. The first kappa shape index (κ1) is 13.7. The smallest absolute Gasteiger partial charge is 0.132 e. The second kappa shape index (κ2) is 5.99. The quantitative estimate of drug-likeness (QED) is 0.786. The second-order valence-electron chi connectivity index (χ2n) is 5.61. The number of nitrogens with zero attached hydrogens (tertiary/aromatic N) is 4. The van der Waals surface area contributed by atoms with E-state index in [-0.39, 0.29) is 0 Å². The molecule has 1 aromatic heterocycles. The van der Waals surface area contributed by atoms with Crippen LogP contribution in [0.2, 0.25) is 5.15 Å². The topological polar surface area (TPSA) is 43.2 Å². The molecule has 4 nitrogen and oxygen atoms in total. The molecule has 2 heterocycles. The van der Waals surface area contributed by atoms with E-state index in [0.29, 0.717) is 10.7 Å². The average Bonchev–Trinajstić information content (AvgIpc) is 3.01. The van der Waals surface area contributed by atoms with E-state index in [4.69, 9.17) is 16.9 Å². The number of hydrogen-bond acceptors (Lipinski definition) is 4. The van der Waals surface area contributed by atoms with Gasteiger partial charge in [-0.15, -0.1) is 0 Å². The van der Waals surface area contributed by atoms with Crippen molar-refractivity contribution in [3.8, 4) is 6.07 Å². The zero-order valence-corrected chi connectivity index (χ0v) is 12.3. The highest BCUT2D eigenvalue weighted by atomic mass is 35.5. The lowest BCUT2D eigenvalue weighted by molar-refractivity contribution is 0.187. The zero-order valence-electron chi connectivity index (χ0n) is 11.6. The fraction of sp³-hybridized carbons (Fsp3) is 0.600. The van der Waals surface area contributed by atoms with Crippen LogP contribution in [0, 0.1) is 11.3 Å². The zero-order chi connectivity index (χ0) is 13.9. The Morgan fingerprint density at radius 2 is 1.85 bits per heavy atom. The molecule has 106 valence electrons. The van der Waals surface area contributed by atoms with E-state index in [2.05, 4.69) is 20.9 Å². The third-order valence-corrected chi connectivity index (χ3v) is 4.58. The lowest BCUT2D eigenvalue weighted by Crippen LogP contribution is -2.50. The Bertz CT molecular complexity index is 511. The fourth-order valence-electron chi connectivity index (χ4n) is 3.30. The summed E-state index contributed by atoms with van der Waals surface area (Å²) in [5, 5.41) is 9.41. The van der Waals surface area contributed by atoms with Crippen LogP contribution in [0.5, 0.6) is 0 Å². The molecule has 2 aliphatic rings. The maximum atomic E-state index is 9.01. The first-order valence-electron chi connectivity index (χ1n) is 7.33. The van der Waals surface area contributed by atoms with Crippen molar-refractivity contribution in [1.29, 1.82) is 5.26 Å². The van der Waals surface area contributed by atoms with Gasteiger partial charge in [0, 0.05) is 32.2 Å². The maximum Gasteiger partial charge on any atom is 0.132 e. The van der Waals surface area contributed by atoms with E-state index < -0.39 is 0 Å². The SMILES string of the molecule is N#Cc1cc(Cl)nc(N2CCN(C3CCCC3)CC2)c1. The Hall–Kier alpha value is -1.31. The van der Waals surface area contributed by atoms with Crippen LogP contribution < -0.4 is 4.90 Å². The summed E-state index contributed by atoms with van der Waals surface area (Å²) in [7, 11) is 0. The van der Waals surface area contributed by atoms with Gasteiger partial charge in [0.15, 0.2) is 0 Å². The molecule has 0 spiro atoms. The van der Waals surface area contributed by atoms with Crippen molar-refractivity contribution in [2.24, 2.45) is 0 Å². The molecule has 1 saturated heterocycles. The predicted molar refractivity (Wildman–Crippen MR) is 80.0 cm³/mol. The average molecular weight is 291 g/mol. The summed E-state index contributed by atoms with van der Waals surface area (Å²) in [5.41, 5.74) is 0.582. The van der Waals surface area contributed by atoms with Gasteiger partial charge in [0.2, 0.25) is 0 Å². The molecular formula is C15H19ClN4. The Morgan fingerprint density at radius 1 is 1.15 bits per heavy atom. The number of halogens is 1. The molecule has 20 heavy (non-hydrogen) atoms. The van der Waals surface area contributed by atoms with E-state index in [9.17, 15) is 0 Å². The van der Waals surface area contributed by atoms with Crippen molar-refractivity contribution in [3.63, 3.8) is 0 Å². The summed E-state index contributed by atoms with van der Waals surface area (Å²) in [4.78, 5) is 9.19. The normalized spacial score (nSPS) is 21.1. The molecule has 0 radical (unpaired) electrons. The number of nitriles is 1. The molecule has 1 saturated carbocycles. The summed E-state index contributed by atoms with van der Waals surface area (Å²) in [5.74, 6) is 0.833. The number of pyridine rings is 1. The van der Waals surface area contributed by atoms with E-state index >= 15 is 0 Å². The lowest BCUT2D eigenvalue weighted by Gasteiger charge is -2.38. The minimum Gasteiger partial charge on any atom is -0.354 e. The highest BCUT2D eigenvalue weighted by Gasteiger charge is 2.26. The molecular weight excluding hydrogens is 272 g/mol. The third kappa shape index (κ3) is 2.89. The highest BCUT2D eigenvalue weighted by Crippen LogP contribution is 2.25. The molecule has 0 aromatic carbocycles. The summed E-state index contributed by atoms with van der Waals surface area (Å²) < 4.78 is 0. The van der Waals surface area contributed by atoms with Crippen molar-refractivity contribution < 1.29 is 0 Å². The highest BCUT2D eigenvalue weighted by molar-refractivity contribution is 6.29. The van der Waals surface area contributed by atoms with Gasteiger partial charge < -0.3 is 4.90 Å². The van der Waals surface area contributed by atoms with Crippen molar-refractivity contribution in [3.05, 3.63) is 22.8 Å². The van der Waals surface area contributed by atoms with Gasteiger partial charge in [-0.1, -0.05) is 24.4 Å². The number of hydrogen-bond donors (Lipinski definition) is 0.